The van der Waals surface area contributed by atoms with Gasteiger partial charge in [0.05, 0.1) is 0 Å². The molecule has 0 atom stereocenters. The maximum atomic E-state index is 11.9. The minimum Gasteiger partial charge on any atom is -0.484 e. The summed E-state index contributed by atoms with van der Waals surface area (Å²) in [5.74, 6) is 0.458. The molecule has 2 aromatic rings. The Labute approximate surface area is 140 Å². The molecule has 124 valence electrons. The minimum atomic E-state index is -0.193. The maximum Gasteiger partial charge on any atom is 0.258 e. The molecule has 0 aliphatic carbocycles. The molecule has 6 nitrogen and oxygen atoms in total. The number of anilines is 1. The molecule has 1 aromatic heterocycles. The minimum absolute atomic E-state index is 0.0288. The van der Waals surface area contributed by atoms with E-state index in [9.17, 15) is 9.59 Å². The Bertz CT molecular complexity index is 757. The summed E-state index contributed by atoms with van der Waals surface area (Å²) in [5.41, 5.74) is 3.73. The molecule has 24 heavy (non-hydrogen) atoms. The summed E-state index contributed by atoms with van der Waals surface area (Å²) in [6.45, 7) is 2.29. The number of carbonyl (C=O) groups excluding carboxylic acids is 2. The van der Waals surface area contributed by atoms with Crippen molar-refractivity contribution in [3.63, 3.8) is 0 Å². The van der Waals surface area contributed by atoms with Crippen LogP contribution in [0.4, 0.5) is 5.69 Å². The van der Waals surface area contributed by atoms with Crippen molar-refractivity contribution in [3.05, 3.63) is 53.3 Å². The lowest BCUT2D eigenvalue weighted by molar-refractivity contribution is -0.123. The van der Waals surface area contributed by atoms with Crippen molar-refractivity contribution in [1.82, 2.24) is 10.3 Å². The average Bonchev–Trinajstić information content (AvgIpc) is 2.59. The van der Waals surface area contributed by atoms with Gasteiger partial charge in [-0.2, -0.15) is 0 Å². The van der Waals surface area contributed by atoms with Crippen molar-refractivity contribution in [2.75, 3.05) is 11.9 Å². The molecule has 0 bridgehead atoms. The van der Waals surface area contributed by atoms with E-state index >= 15 is 0 Å². The van der Waals surface area contributed by atoms with Crippen LogP contribution >= 0.6 is 0 Å². The number of ether oxygens (including phenoxy) is 1. The van der Waals surface area contributed by atoms with Gasteiger partial charge in [0.2, 0.25) is 5.91 Å². The van der Waals surface area contributed by atoms with Crippen LogP contribution < -0.4 is 15.4 Å². The Kier molecular flexibility index (Phi) is 4.74. The van der Waals surface area contributed by atoms with Gasteiger partial charge in [-0.05, 0) is 48.7 Å². The van der Waals surface area contributed by atoms with E-state index in [-0.39, 0.29) is 18.4 Å². The van der Waals surface area contributed by atoms with Crippen LogP contribution in [-0.4, -0.2) is 23.4 Å². The van der Waals surface area contributed by atoms with Crippen LogP contribution in [0, 0.1) is 6.92 Å². The van der Waals surface area contributed by atoms with Crippen LogP contribution in [0.25, 0.3) is 0 Å². The predicted octanol–water partition coefficient (Wildman–Crippen LogP) is 1.97. The van der Waals surface area contributed by atoms with E-state index in [2.05, 4.69) is 15.6 Å². The molecule has 1 aliphatic heterocycles. The summed E-state index contributed by atoms with van der Waals surface area (Å²) in [6, 6.07) is 9.26. The molecule has 6 heteroatoms. The maximum absolute atomic E-state index is 11.9. The van der Waals surface area contributed by atoms with E-state index in [1.807, 2.05) is 25.1 Å². The van der Waals surface area contributed by atoms with E-state index < -0.39 is 0 Å². The van der Waals surface area contributed by atoms with Gasteiger partial charge < -0.3 is 15.4 Å². The summed E-state index contributed by atoms with van der Waals surface area (Å²) < 4.78 is 5.53. The number of hydrogen-bond acceptors (Lipinski definition) is 4. The number of fused-ring (bicyclic) bond motifs is 1. The molecular weight excluding hydrogens is 306 g/mol. The van der Waals surface area contributed by atoms with E-state index in [4.69, 9.17) is 4.74 Å². The second-order valence-electron chi connectivity index (χ2n) is 5.74. The fourth-order valence-corrected chi connectivity index (χ4v) is 2.45. The largest absolute Gasteiger partial charge is 0.484 e. The molecule has 0 unspecified atom stereocenters. The normalized spacial score (nSPS) is 13.0. The SMILES string of the molecule is Cc1ccc(CNC(=O)COc2ccc3c(c2)CCC(=O)N3)cn1. The summed E-state index contributed by atoms with van der Waals surface area (Å²) in [5, 5.41) is 5.61. The summed E-state index contributed by atoms with van der Waals surface area (Å²) in [4.78, 5) is 27.4. The van der Waals surface area contributed by atoms with Gasteiger partial charge >= 0.3 is 0 Å². The van der Waals surface area contributed by atoms with Crippen LogP contribution in [0.5, 0.6) is 5.75 Å². The Balaban J connectivity index is 1.49. The van der Waals surface area contributed by atoms with E-state index in [1.165, 1.54) is 0 Å². The van der Waals surface area contributed by atoms with E-state index in [1.54, 1.807) is 18.3 Å². The van der Waals surface area contributed by atoms with Crippen molar-refractivity contribution in [2.45, 2.75) is 26.3 Å². The van der Waals surface area contributed by atoms with Crippen LogP contribution in [0.1, 0.15) is 23.2 Å². The van der Waals surface area contributed by atoms with Crippen molar-refractivity contribution in [2.24, 2.45) is 0 Å². The third-order valence-corrected chi connectivity index (χ3v) is 3.80. The number of hydrogen-bond donors (Lipinski definition) is 2. The highest BCUT2D eigenvalue weighted by Gasteiger charge is 2.15. The number of aromatic nitrogens is 1. The van der Waals surface area contributed by atoms with Gasteiger partial charge in [0.1, 0.15) is 5.75 Å². The second-order valence-corrected chi connectivity index (χ2v) is 5.74. The third kappa shape index (κ3) is 4.10. The summed E-state index contributed by atoms with van der Waals surface area (Å²) >= 11 is 0. The number of nitrogens with one attached hydrogen (secondary N) is 2. The molecule has 0 saturated carbocycles. The van der Waals surface area contributed by atoms with Crippen LogP contribution in [0.2, 0.25) is 0 Å². The average molecular weight is 325 g/mol. The Morgan fingerprint density at radius 3 is 2.96 bits per heavy atom. The number of amides is 2. The van der Waals surface area contributed by atoms with E-state index in [0.717, 1.165) is 22.5 Å². The van der Waals surface area contributed by atoms with Gasteiger partial charge in [-0.3, -0.25) is 14.6 Å². The van der Waals surface area contributed by atoms with Crippen molar-refractivity contribution in [3.8, 4) is 5.75 Å². The molecule has 1 aromatic carbocycles. The number of carbonyl (C=O) groups is 2. The highest BCUT2D eigenvalue weighted by molar-refractivity contribution is 5.94. The van der Waals surface area contributed by atoms with Crippen LogP contribution in [0.3, 0.4) is 0 Å². The van der Waals surface area contributed by atoms with Gasteiger partial charge in [0, 0.05) is 30.5 Å². The monoisotopic (exact) mass is 325 g/mol. The third-order valence-electron chi connectivity index (χ3n) is 3.80. The lowest BCUT2D eigenvalue weighted by Crippen LogP contribution is -2.28. The molecule has 3 rings (SSSR count). The van der Waals surface area contributed by atoms with E-state index in [0.29, 0.717) is 25.1 Å². The van der Waals surface area contributed by atoms with Crippen molar-refractivity contribution >= 4 is 17.5 Å². The molecule has 1 aliphatic rings. The molecule has 2 amide bonds. The summed E-state index contributed by atoms with van der Waals surface area (Å²) in [6.07, 6.45) is 2.90. The molecule has 0 radical (unpaired) electrons. The predicted molar refractivity (Wildman–Crippen MR) is 89.7 cm³/mol. The zero-order valence-corrected chi connectivity index (χ0v) is 13.5. The number of rotatable bonds is 5. The highest BCUT2D eigenvalue weighted by atomic mass is 16.5. The lowest BCUT2D eigenvalue weighted by Gasteiger charge is -2.17. The van der Waals surface area contributed by atoms with Crippen LogP contribution in [-0.2, 0) is 22.6 Å². The molecule has 2 N–H and O–H groups in total. The zero-order valence-electron chi connectivity index (χ0n) is 13.5. The van der Waals surface area contributed by atoms with Crippen molar-refractivity contribution in [1.29, 1.82) is 0 Å². The molecule has 0 fully saturated rings. The lowest BCUT2D eigenvalue weighted by atomic mass is 10.0. The number of aryl methyl sites for hydroxylation is 2. The summed E-state index contributed by atoms with van der Waals surface area (Å²) in [7, 11) is 0. The second kappa shape index (κ2) is 7.12. The van der Waals surface area contributed by atoms with Gasteiger partial charge in [-0.1, -0.05) is 6.07 Å². The number of benzene rings is 1. The Morgan fingerprint density at radius 2 is 2.17 bits per heavy atom. The fraction of sp³-hybridized carbons (Fsp3) is 0.278. The smallest absolute Gasteiger partial charge is 0.258 e. The van der Waals surface area contributed by atoms with Gasteiger partial charge in [-0.25, -0.2) is 0 Å². The molecule has 2 heterocycles. The fourth-order valence-electron chi connectivity index (χ4n) is 2.45. The number of nitrogens with zero attached hydrogens (tertiary/aromatic N) is 1. The van der Waals surface area contributed by atoms with Gasteiger partial charge in [0.15, 0.2) is 6.61 Å². The molecule has 0 saturated heterocycles. The first-order chi connectivity index (χ1) is 11.6. The van der Waals surface area contributed by atoms with Gasteiger partial charge in [-0.15, -0.1) is 0 Å². The quantitative estimate of drug-likeness (QED) is 0.881. The van der Waals surface area contributed by atoms with Crippen LogP contribution in [0.15, 0.2) is 36.5 Å². The standard InChI is InChI=1S/C18H19N3O3/c1-12-2-3-13(9-19-12)10-20-18(23)11-24-15-5-6-16-14(8-15)4-7-17(22)21-16/h2-3,5-6,8-9H,4,7,10-11H2,1H3,(H,20,23)(H,21,22). The molecule has 0 spiro atoms. The molecular formula is C18H19N3O3. The Morgan fingerprint density at radius 1 is 1.29 bits per heavy atom. The first-order valence-corrected chi connectivity index (χ1v) is 7.84. The topological polar surface area (TPSA) is 80.3 Å². The van der Waals surface area contributed by atoms with Crippen molar-refractivity contribution < 1.29 is 14.3 Å². The highest BCUT2D eigenvalue weighted by Crippen LogP contribution is 2.26. The first kappa shape index (κ1) is 16.0. The Hall–Kier alpha value is -2.89. The number of pyridine rings is 1. The zero-order chi connectivity index (χ0) is 16.9. The first-order valence-electron chi connectivity index (χ1n) is 7.84. The van der Waals surface area contributed by atoms with Gasteiger partial charge in [0.25, 0.3) is 5.91 Å².